The molecule has 1 aromatic rings. The monoisotopic (exact) mass is 140 g/mol. The first-order valence-corrected chi connectivity index (χ1v) is 3.07. The molecule has 1 rings (SSSR count). The Morgan fingerprint density at radius 2 is 1.90 bits per heavy atom. The highest BCUT2D eigenvalue weighted by Crippen LogP contribution is 2.20. The highest BCUT2D eigenvalue weighted by atomic mass is 19.1. The van der Waals surface area contributed by atoms with Crippen LogP contribution in [0.5, 0.6) is 5.75 Å². The number of halogens is 1. The summed E-state index contributed by atoms with van der Waals surface area (Å²) in [6.07, 6.45) is 0. The molecule has 54 valence electrons. The lowest BCUT2D eigenvalue weighted by Crippen LogP contribution is -1.83. The van der Waals surface area contributed by atoms with Crippen molar-refractivity contribution in [2.75, 3.05) is 0 Å². The second-order valence-corrected chi connectivity index (χ2v) is 2.39. The molecule has 0 aliphatic rings. The van der Waals surface area contributed by atoms with E-state index in [1.165, 1.54) is 6.07 Å². The Bertz CT molecular complexity index is 232. The number of aromatic hydroxyl groups is 1. The van der Waals surface area contributed by atoms with Gasteiger partial charge in [-0.05, 0) is 31.5 Å². The summed E-state index contributed by atoms with van der Waals surface area (Å²) in [5, 5.41) is 9.04. The highest BCUT2D eigenvalue weighted by Gasteiger charge is 2.01. The molecule has 0 saturated carbocycles. The van der Waals surface area contributed by atoms with Crippen LogP contribution in [-0.4, -0.2) is 5.11 Å². The predicted molar refractivity (Wildman–Crippen MR) is 37.5 cm³/mol. The average Bonchev–Trinajstić information content (AvgIpc) is 1.82. The smallest absolute Gasteiger partial charge is 0.130 e. The van der Waals surface area contributed by atoms with Crippen LogP contribution in [0.25, 0.3) is 0 Å². The third kappa shape index (κ3) is 1.10. The third-order valence-corrected chi connectivity index (χ3v) is 1.46. The fourth-order valence-electron chi connectivity index (χ4n) is 0.796. The molecular formula is C8H9FO. The number of aryl methyl sites for hydroxylation is 1. The zero-order valence-electron chi connectivity index (χ0n) is 5.98. The lowest BCUT2D eigenvalue weighted by Gasteiger charge is -2.00. The lowest BCUT2D eigenvalue weighted by molar-refractivity contribution is 0.462. The van der Waals surface area contributed by atoms with Crippen molar-refractivity contribution in [2.45, 2.75) is 13.8 Å². The van der Waals surface area contributed by atoms with Crippen molar-refractivity contribution in [1.29, 1.82) is 0 Å². The van der Waals surface area contributed by atoms with Crippen LogP contribution in [0.2, 0.25) is 0 Å². The van der Waals surface area contributed by atoms with E-state index >= 15 is 0 Å². The Balaban J connectivity index is 3.31. The van der Waals surface area contributed by atoms with Gasteiger partial charge in [0.25, 0.3) is 0 Å². The lowest BCUT2D eigenvalue weighted by atomic mass is 10.1. The fraction of sp³-hybridized carbons (Fsp3) is 0.250. The predicted octanol–water partition coefficient (Wildman–Crippen LogP) is 2.15. The highest BCUT2D eigenvalue weighted by molar-refractivity contribution is 5.35. The van der Waals surface area contributed by atoms with Gasteiger partial charge in [-0.3, -0.25) is 0 Å². The minimum Gasteiger partial charge on any atom is -0.508 e. The Labute approximate surface area is 59.1 Å². The zero-order chi connectivity index (χ0) is 7.72. The molecule has 0 fully saturated rings. The average molecular weight is 140 g/mol. The van der Waals surface area contributed by atoms with Crippen molar-refractivity contribution in [1.82, 2.24) is 0 Å². The molecule has 0 radical (unpaired) electrons. The summed E-state index contributed by atoms with van der Waals surface area (Å²) in [4.78, 5) is 0. The molecule has 0 atom stereocenters. The maximum atomic E-state index is 12.7. The summed E-state index contributed by atoms with van der Waals surface area (Å²) in [5.41, 5.74) is 1.05. The first-order valence-electron chi connectivity index (χ1n) is 3.07. The van der Waals surface area contributed by atoms with E-state index in [4.69, 9.17) is 5.11 Å². The van der Waals surface area contributed by atoms with E-state index in [1.807, 2.05) is 0 Å². The molecule has 1 nitrogen and oxygen atoms in total. The molecule has 0 amide bonds. The molecule has 0 heterocycles. The molecule has 0 unspecified atom stereocenters. The van der Waals surface area contributed by atoms with Crippen molar-refractivity contribution in [3.8, 4) is 5.75 Å². The second kappa shape index (κ2) is 2.29. The maximum Gasteiger partial charge on any atom is 0.130 e. The molecule has 2 heteroatoms. The van der Waals surface area contributed by atoms with Crippen LogP contribution in [0, 0.1) is 19.7 Å². The minimum absolute atomic E-state index is 0.0255. The van der Waals surface area contributed by atoms with Gasteiger partial charge < -0.3 is 5.11 Å². The van der Waals surface area contributed by atoms with Gasteiger partial charge in [0, 0.05) is 5.56 Å². The third-order valence-electron chi connectivity index (χ3n) is 1.46. The first kappa shape index (κ1) is 7.06. The van der Waals surface area contributed by atoms with E-state index < -0.39 is 0 Å². The number of phenolic OH excluding ortho intramolecular Hbond substituents is 1. The van der Waals surface area contributed by atoms with Crippen LogP contribution in [0.4, 0.5) is 4.39 Å². The van der Waals surface area contributed by atoms with Crippen LogP contribution < -0.4 is 0 Å². The van der Waals surface area contributed by atoms with Crippen molar-refractivity contribution in [3.05, 3.63) is 29.1 Å². The molecule has 1 aromatic carbocycles. The summed E-state index contributed by atoms with van der Waals surface area (Å²) in [6.45, 7) is 3.28. The quantitative estimate of drug-likeness (QED) is 0.585. The molecule has 0 bridgehead atoms. The van der Waals surface area contributed by atoms with Gasteiger partial charge in [-0.25, -0.2) is 4.39 Å². The number of hydrogen-bond acceptors (Lipinski definition) is 1. The SMILES string of the molecule is Cc1cc(O)c(C)c(F)c1. The van der Waals surface area contributed by atoms with E-state index in [0.717, 1.165) is 5.56 Å². The van der Waals surface area contributed by atoms with Crippen LogP contribution in [0.1, 0.15) is 11.1 Å². The van der Waals surface area contributed by atoms with Crippen LogP contribution in [0.3, 0.4) is 0 Å². The van der Waals surface area contributed by atoms with E-state index in [-0.39, 0.29) is 11.6 Å². The van der Waals surface area contributed by atoms with E-state index in [1.54, 1.807) is 19.9 Å². The summed E-state index contributed by atoms with van der Waals surface area (Å²) in [6, 6.07) is 2.94. The molecule has 0 spiro atoms. The van der Waals surface area contributed by atoms with Gasteiger partial charge in [0.2, 0.25) is 0 Å². The molecule has 1 N–H and O–H groups in total. The van der Waals surface area contributed by atoms with E-state index in [2.05, 4.69) is 0 Å². The Morgan fingerprint density at radius 1 is 1.30 bits per heavy atom. The molecular weight excluding hydrogens is 131 g/mol. The number of hydrogen-bond donors (Lipinski definition) is 1. The number of rotatable bonds is 0. The van der Waals surface area contributed by atoms with Gasteiger partial charge in [0.15, 0.2) is 0 Å². The molecule has 0 aliphatic heterocycles. The van der Waals surface area contributed by atoms with Crippen LogP contribution in [-0.2, 0) is 0 Å². The summed E-state index contributed by atoms with van der Waals surface area (Å²) in [7, 11) is 0. The van der Waals surface area contributed by atoms with Crippen molar-refractivity contribution >= 4 is 0 Å². The Morgan fingerprint density at radius 3 is 2.40 bits per heavy atom. The first-order chi connectivity index (χ1) is 4.61. The maximum absolute atomic E-state index is 12.7. The van der Waals surface area contributed by atoms with Gasteiger partial charge in [-0.2, -0.15) is 0 Å². The van der Waals surface area contributed by atoms with Crippen LogP contribution >= 0.6 is 0 Å². The van der Waals surface area contributed by atoms with Crippen LogP contribution in [0.15, 0.2) is 12.1 Å². The van der Waals surface area contributed by atoms with Gasteiger partial charge in [-0.15, -0.1) is 0 Å². The van der Waals surface area contributed by atoms with Gasteiger partial charge in [0.05, 0.1) is 0 Å². The summed E-state index contributed by atoms with van der Waals surface area (Å²) < 4.78 is 12.7. The van der Waals surface area contributed by atoms with E-state index in [0.29, 0.717) is 5.56 Å². The molecule has 10 heavy (non-hydrogen) atoms. The van der Waals surface area contributed by atoms with Crippen molar-refractivity contribution in [3.63, 3.8) is 0 Å². The van der Waals surface area contributed by atoms with Crippen molar-refractivity contribution in [2.24, 2.45) is 0 Å². The minimum atomic E-state index is -0.350. The van der Waals surface area contributed by atoms with Gasteiger partial charge >= 0.3 is 0 Å². The summed E-state index contributed by atoms with van der Waals surface area (Å²) in [5.74, 6) is -0.324. The van der Waals surface area contributed by atoms with Crippen molar-refractivity contribution < 1.29 is 9.50 Å². The normalized spacial score (nSPS) is 9.90. The molecule has 0 saturated heterocycles. The van der Waals surface area contributed by atoms with Gasteiger partial charge in [-0.1, -0.05) is 0 Å². The zero-order valence-corrected chi connectivity index (χ0v) is 5.98. The van der Waals surface area contributed by atoms with E-state index in [9.17, 15) is 4.39 Å². The Kier molecular flexibility index (Phi) is 1.62. The Hall–Kier alpha value is -1.05. The fourth-order valence-corrected chi connectivity index (χ4v) is 0.796. The van der Waals surface area contributed by atoms with Gasteiger partial charge in [0.1, 0.15) is 11.6 Å². The number of phenols is 1. The largest absolute Gasteiger partial charge is 0.508 e. The molecule has 0 aliphatic carbocycles. The molecule has 0 aromatic heterocycles. The standard InChI is InChI=1S/C8H9FO/c1-5-3-7(9)6(2)8(10)4-5/h3-4,10H,1-2H3. The topological polar surface area (TPSA) is 20.2 Å². The summed E-state index contributed by atoms with van der Waals surface area (Å²) >= 11 is 0. The number of benzene rings is 1. The second-order valence-electron chi connectivity index (χ2n) is 2.39.